The molecule has 3 amide bonds. The lowest BCUT2D eigenvalue weighted by Crippen LogP contribution is -2.58. The number of amides is 3. The van der Waals surface area contributed by atoms with Crippen LogP contribution in [0.2, 0.25) is 0 Å². The fourth-order valence-corrected chi connectivity index (χ4v) is 10.3. The quantitative estimate of drug-likeness (QED) is 0.236. The molecule has 0 aliphatic carbocycles. The third kappa shape index (κ3) is 5.30. The van der Waals surface area contributed by atoms with Crippen LogP contribution in [0.25, 0.3) is 0 Å². The number of likely N-dealkylation sites (tertiary alicyclic amines) is 1. The van der Waals surface area contributed by atoms with E-state index in [0.717, 1.165) is 35.3 Å². The predicted octanol–water partition coefficient (Wildman–Crippen LogP) is 5.54. The van der Waals surface area contributed by atoms with Crippen LogP contribution in [0.1, 0.15) is 43.7 Å². The minimum atomic E-state index is -0.720. The van der Waals surface area contributed by atoms with Gasteiger partial charge in [-0.25, -0.2) is 0 Å². The Labute approximate surface area is 266 Å². The topological polar surface area (TPSA) is 81.2 Å². The zero-order valence-electron chi connectivity index (χ0n) is 26.2. The Balaban J connectivity index is 1.59. The Morgan fingerprint density at radius 1 is 0.977 bits per heavy atom. The number of fused-ring (bicyclic) bond motifs is 1. The lowest BCUT2D eigenvalue weighted by molar-refractivity contribution is -0.139. The van der Waals surface area contributed by atoms with Gasteiger partial charge in [0, 0.05) is 42.9 Å². The van der Waals surface area contributed by atoms with E-state index in [4.69, 9.17) is 0 Å². The van der Waals surface area contributed by atoms with Crippen molar-refractivity contribution in [3.05, 3.63) is 85.0 Å². The molecule has 1 spiro atoms. The molecule has 3 saturated heterocycles. The summed E-state index contributed by atoms with van der Waals surface area (Å²) in [6.07, 6.45) is 6.30. The summed E-state index contributed by atoms with van der Waals surface area (Å²) >= 11 is 1.70. The fourth-order valence-electron chi connectivity index (χ4n) is 7.93. The van der Waals surface area contributed by atoms with Gasteiger partial charge in [0.05, 0.1) is 16.6 Å². The average molecular weight is 616 g/mol. The van der Waals surface area contributed by atoms with Crippen molar-refractivity contribution in [3.8, 4) is 0 Å². The van der Waals surface area contributed by atoms with Gasteiger partial charge >= 0.3 is 0 Å². The monoisotopic (exact) mass is 615 g/mol. The lowest BCUT2D eigenvalue weighted by atomic mass is 9.65. The van der Waals surface area contributed by atoms with E-state index in [9.17, 15) is 14.7 Å². The molecule has 3 unspecified atom stereocenters. The zero-order chi connectivity index (χ0) is 31.6. The zero-order valence-corrected chi connectivity index (χ0v) is 27.0. The van der Waals surface area contributed by atoms with Gasteiger partial charge in [0.25, 0.3) is 5.91 Å². The molecule has 8 heteroatoms. The first-order valence-electron chi connectivity index (χ1n) is 15.8. The van der Waals surface area contributed by atoms with Gasteiger partial charge in [-0.15, -0.1) is 24.9 Å². The van der Waals surface area contributed by atoms with Crippen molar-refractivity contribution in [3.63, 3.8) is 0 Å². The Bertz CT molecular complexity index is 1390. The number of para-hydroxylation sites is 2. The number of carbonyl (C=O) groups excluding carboxylic acids is 3. The molecule has 0 aromatic heterocycles. The molecule has 5 rings (SSSR count). The molecular weight excluding hydrogens is 570 g/mol. The molecular formula is C36H45N3O4S. The number of aliphatic hydroxyl groups is 1. The SMILES string of the molecule is C=CCN(C(=O)[C@@H]1[C@@H]2CC(C)C3(S2)C(C(=O)N(CC=C)c2c(C)cccc2C)N(CCCCCO)C(=O)[C@H]13)c1ccccc1. The van der Waals surface area contributed by atoms with Crippen LogP contribution in [0.5, 0.6) is 0 Å². The molecule has 0 radical (unpaired) electrons. The molecule has 2 aromatic rings. The number of carbonyl (C=O) groups is 3. The van der Waals surface area contributed by atoms with Crippen LogP contribution < -0.4 is 9.80 Å². The highest BCUT2D eigenvalue weighted by Crippen LogP contribution is 2.69. The highest BCUT2D eigenvalue weighted by molar-refractivity contribution is 8.02. The minimum Gasteiger partial charge on any atom is -0.396 e. The van der Waals surface area contributed by atoms with Gasteiger partial charge in [0.15, 0.2) is 0 Å². The second-order valence-electron chi connectivity index (χ2n) is 12.4. The van der Waals surface area contributed by atoms with Crippen LogP contribution in [0, 0.1) is 31.6 Å². The maximum absolute atomic E-state index is 15.0. The molecule has 2 bridgehead atoms. The van der Waals surface area contributed by atoms with Gasteiger partial charge in [-0.2, -0.15) is 0 Å². The number of benzene rings is 2. The van der Waals surface area contributed by atoms with Crippen LogP contribution in [0.15, 0.2) is 73.8 Å². The molecule has 3 fully saturated rings. The van der Waals surface area contributed by atoms with Crippen LogP contribution in [-0.2, 0) is 14.4 Å². The first-order valence-corrected chi connectivity index (χ1v) is 16.7. The molecule has 44 heavy (non-hydrogen) atoms. The van der Waals surface area contributed by atoms with Gasteiger partial charge in [0.2, 0.25) is 11.8 Å². The Morgan fingerprint density at radius 2 is 1.64 bits per heavy atom. The molecule has 6 atom stereocenters. The highest BCUT2D eigenvalue weighted by atomic mass is 32.2. The van der Waals surface area contributed by atoms with Gasteiger partial charge < -0.3 is 19.8 Å². The van der Waals surface area contributed by atoms with E-state index < -0.39 is 22.6 Å². The molecule has 3 aliphatic rings. The van der Waals surface area contributed by atoms with E-state index in [1.807, 2.05) is 62.4 Å². The lowest BCUT2D eigenvalue weighted by Gasteiger charge is -2.41. The van der Waals surface area contributed by atoms with Gasteiger partial charge in [-0.05, 0) is 68.7 Å². The number of aliphatic hydroxyl groups excluding tert-OH is 1. The first kappa shape index (κ1) is 32.0. The number of rotatable bonds is 13. The third-order valence-corrected chi connectivity index (χ3v) is 11.8. The molecule has 3 heterocycles. The average Bonchev–Trinajstić information content (AvgIpc) is 3.60. The van der Waals surface area contributed by atoms with Gasteiger partial charge in [-0.1, -0.05) is 55.5 Å². The van der Waals surface area contributed by atoms with E-state index in [-0.39, 0.29) is 35.5 Å². The molecule has 1 N–H and O–H groups in total. The number of hydrogen-bond acceptors (Lipinski definition) is 5. The summed E-state index contributed by atoms with van der Waals surface area (Å²) in [5.41, 5.74) is 3.60. The maximum atomic E-state index is 15.0. The second kappa shape index (κ2) is 13.3. The van der Waals surface area contributed by atoms with Gasteiger partial charge in [0.1, 0.15) is 6.04 Å². The number of hydrogen-bond donors (Lipinski definition) is 1. The predicted molar refractivity (Wildman–Crippen MR) is 179 cm³/mol. The van der Waals surface area contributed by atoms with Crippen molar-refractivity contribution in [1.82, 2.24) is 4.90 Å². The standard InChI is InChI=1S/C36H45N3O4S/c1-6-19-37(27-17-10-8-11-18-27)33(41)29-28-23-26(5)36(44-28)30(29)34(42)39(21-12-9-13-22-40)32(36)35(43)38(20-7-2)31-24(3)15-14-16-25(31)4/h6-8,10-11,14-18,26,28-30,32,40H,1-2,9,12-13,19-23H2,3-5H3/t26?,28-,29+,30-,32?,36?/m0/s1. The number of unbranched alkanes of at least 4 members (excludes halogenated alkanes) is 2. The second-order valence-corrected chi connectivity index (χ2v) is 14.0. The van der Waals surface area contributed by atoms with E-state index in [1.165, 1.54) is 0 Å². The van der Waals surface area contributed by atoms with Crippen molar-refractivity contribution < 1.29 is 19.5 Å². The van der Waals surface area contributed by atoms with Crippen molar-refractivity contribution in [2.45, 2.75) is 62.5 Å². The van der Waals surface area contributed by atoms with Crippen LogP contribution in [-0.4, -0.2) is 70.0 Å². The largest absolute Gasteiger partial charge is 0.396 e. The number of aryl methyl sites for hydroxylation is 2. The Kier molecular flexibility index (Phi) is 9.71. The van der Waals surface area contributed by atoms with Crippen molar-refractivity contribution in [2.24, 2.45) is 17.8 Å². The summed E-state index contributed by atoms with van der Waals surface area (Å²) in [4.78, 5) is 49.5. The van der Waals surface area contributed by atoms with E-state index in [0.29, 0.717) is 32.5 Å². The minimum absolute atomic E-state index is 0.0534. The summed E-state index contributed by atoms with van der Waals surface area (Å²) in [6.45, 7) is 15.2. The van der Waals surface area contributed by atoms with Crippen molar-refractivity contribution in [1.29, 1.82) is 0 Å². The summed E-state index contributed by atoms with van der Waals surface area (Å²) in [5.74, 6) is -1.35. The number of thioether (sulfide) groups is 1. The molecule has 0 saturated carbocycles. The fraction of sp³-hybridized carbons (Fsp3) is 0.472. The summed E-state index contributed by atoms with van der Waals surface area (Å²) in [7, 11) is 0. The Hall–Kier alpha value is -3.36. The smallest absolute Gasteiger partial charge is 0.251 e. The number of nitrogens with zero attached hydrogens (tertiary/aromatic N) is 3. The molecule has 7 nitrogen and oxygen atoms in total. The normalized spacial score (nSPS) is 26.9. The number of anilines is 2. The van der Waals surface area contributed by atoms with Crippen molar-refractivity contribution in [2.75, 3.05) is 36.0 Å². The highest BCUT2D eigenvalue weighted by Gasteiger charge is 2.76. The summed E-state index contributed by atoms with van der Waals surface area (Å²) in [5, 5.41) is 9.34. The molecule has 2 aromatic carbocycles. The maximum Gasteiger partial charge on any atom is 0.251 e. The van der Waals surface area contributed by atoms with Crippen LogP contribution in [0.3, 0.4) is 0 Å². The van der Waals surface area contributed by atoms with Crippen LogP contribution in [0.4, 0.5) is 11.4 Å². The first-order chi connectivity index (χ1) is 21.2. The third-order valence-electron chi connectivity index (χ3n) is 9.75. The molecule has 3 aliphatic heterocycles. The van der Waals surface area contributed by atoms with Crippen molar-refractivity contribution >= 4 is 40.9 Å². The van der Waals surface area contributed by atoms with Gasteiger partial charge in [-0.3, -0.25) is 14.4 Å². The Morgan fingerprint density at radius 3 is 2.27 bits per heavy atom. The molecule has 234 valence electrons. The summed E-state index contributed by atoms with van der Waals surface area (Å²) < 4.78 is -0.720. The van der Waals surface area contributed by atoms with E-state index in [2.05, 4.69) is 20.1 Å². The van der Waals surface area contributed by atoms with E-state index in [1.54, 1.807) is 38.6 Å². The van der Waals surface area contributed by atoms with E-state index >= 15 is 4.79 Å². The summed E-state index contributed by atoms with van der Waals surface area (Å²) in [6, 6.07) is 14.8. The van der Waals surface area contributed by atoms with Crippen LogP contribution >= 0.6 is 11.8 Å².